The lowest BCUT2D eigenvalue weighted by Crippen LogP contribution is -2.21. The third-order valence-corrected chi connectivity index (χ3v) is 6.94. The molecule has 1 aliphatic rings. The second kappa shape index (κ2) is 9.63. The number of hydrogen-bond donors (Lipinski definition) is 0. The molecule has 37 heavy (non-hydrogen) atoms. The normalized spacial score (nSPS) is 13.9. The van der Waals surface area contributed by atoms with Crippen molar-refractivity contribution in [1.82, 2.24) is 24.0 Å². The Morgan fingerprint density at radius 2 is 1.65 bits per heavy atom. The van der Waals surface area contributed by atoms with Crippen molar-refractivity contribution >= 4 is 11.2 Å². The number of imidazole rings is 1. The van der Waals surface area contributed by atoms with Crippen LogP contribution in [-0.4, -0.2) is 44.2 Å². The van der Waals surface area contributed by atoms with Gasteiger partial charge in [-0.25, -0.2) is 14.4 Å². The van der Waals surface area contributed by atoms with Gasteiger partial charge in [0.2, 0.25) is 0 Å². The van der Waals surface area contributed by atoms with Crippen LogP contribution in [-0.2, 0) is 6.54 Å². The molecule has 6 rings (SSSR count). The monoisotopic (exact) mass is 495 g/mol. The molecule has 3 aromatic carbocycles. The van der Waals surface area contributed by atoms with Crippen LogP contribution in [0.4, 0.5) is 4.39 Å². The molecule has 0 unspecified atom stereocenters. The fourth-order valence-electron chi connectivity index (χ4n) is 5.01. The number of fused-ring (bicyclic) bond motifs is 1. The number of hydrogen-bond acceptors (Lipinski definition) is 5. The maximum absolute atomic E-state index is 15.5. The fraction of sp³-hybridized carbons (Fsp3) is 0.207. The minimum Gasteiger partial charge on any atom is -0.497 e. The van der Waals surface area contributed by atoms with Gasteiger partial charge in [-0.3, -0.25) is 18.8 Å². The molecule has 0 amide bonds. The zero-order valence-corrected chi connectivity index (χ0v) is 20.5. The molecule has 186 valence electrons. The molecule has 7 nitrogen and oxygen atoms in total. The molecule has 0 spiro atoms. The second-order valence-electron chi connectivity index (χ2n) is 9.21. The lowest BCUT2D eigenvalue weighted by molar-refractivity contribution is 0.332. The van der Waals surface area contributed by atoms with E-state index in [9.17, 15) is 4.79 Å². The van der Waals surface area contributed by atoms with Crippen molar-refractivity contribution in [3.63, 3.8) is 0 Å². The quantitative estimate of drug-likeness (QED) is 0.332. The van der Waals surface area contributed by atoms with Crippen molar-refractivity contribution in [2.45, 2.75) is 19.4 Å². The van der Waals surface area contributed by atoms with E-state index >= 15 is 4.39 Å². The molecule has 0 atom stereocenters. The number of nitrogens with zero attached hydrogens (tertiary/aromatic N) is 5. The van der Waals surface area contributed by atoms with Crippen LogP contribution >= 0.6 is 0 Å². The minimum absolute atomic E-state index is 0.141. The number of likely N-dealkylation sites (tertiary alicyclic amines) is 1. The standard InChI is InChI=1S/C29H26FN5O2/c1-37-23-11-9-22(10-12-23)34-18-31-28-27(34)29(36)35(19-32-28)26-13-8-20(16-25(26)30)24-7-3-2-6-21(24)17-33-14-4-5-15-33/h2-3,6-13,16,18-19H,4-5,14-15,17H2,1H3. The first kappa shape index (κ1) is 23.1. The first-order valence-corrected chi connectivity index (χ1v) is 12.3. The van der Waals surface area contributed by atoms with Gasteiger partial charge in [-0.1, -0.05) is 30.3 Å². The lowest BCUT2D eigenvalue weighted by atomic mass is 9.99. The Kier molecular flexibility index (Phi) is 6.02. The predicted octanol–water partition coefficient (Wildman–Crippen LogP) is 4.98. The van der Waals surface area contributed by atoms with Crippen LogP contribution in [0, 0.1) is 5.82 Å². The van der Waals surface area contributed by atoms with Crippen LogP contribution < -0.4 is 10.3 Å². The fourth-order valence-corrected chi connectivity index (χ4v) is 5.01. The summed E-state index contributed by atoms with van der Waals surface area (Å²) in [7, 11) is 1.59. The van der Waals surface area contributed by atoms with Crippen LogP contribution in [0.15, 0.2) is 84.2 Å². The summed E-state index contributed by atoms with van der Waals surface area (Å²) in [4.78, 5) is 24.5. The van der Waals surface area contributed by atoms with Gasteiger partial charge in [0.15, 0.2) is 11.2 Å². The Balaban J connectivity index is 1.38. The van der Waals surface area contributed by atoms with E-state index in [2.05, 4.69) is 20.9 Å². The first-order valence-electron chi connectivity index (χ1n) is 12.3. The summed E-state index contributed by atoms with van der Waals surface area (Å²) >= 11 is 0. The Labute approximate surface area is 213 Å². The third kappa shape index (κ3) is 4.29. The van der Waals surface area contributed by atoms with E-state index in [0.717, 1.165) is 36.4 Å². The Morgan fingerprint density at radius 1 is 0.919 bits per heavy atom. The Hall–Kier alpha value is -4.30. The van der Waals surface area contributed by atoms with Crippen LogP contribution in [0.5, 0.6) is 5.75 Å². The van der Waals surface area contributed by atoms with Crippen LogP contribution in [0.3, 0.4) is 0 Å². The van der Waals surface area contributed by atoms with Gasteiger partial charge in [-0.15, -0.1) is 0 Å². The molecule has 0 bridgehead atoms. The molecule has 5 aromatic rings. The van der Waals surface area contributed by atoms with Gasteiger partial charge in [0, 0.05) is 12.2 Å². The molecule has 1 saturated heterocycles. The minimum atomic E-state index is -0.493. The number of halogens is 1. The average molecular weight is 496 g/mol. The van der Waals surface area contributed by atoms with Crippen molar-refractivity contribution in [1.29, 1.82) is 0 Å². The molecule has 1 fully saturated rings. The van der Waals surface area contributed by atoms with Crippen molar-refractivity contribution in [3.8, 4) is 28.3 Å². The molecular formula is C29H26FN5O2. The summed E-state index contributed by atoms with van der Waals surface area (Å²) in [5.74, 6) is 0.208. The van der Waals surface area contributed by atoms with Gasteiger partial charge in [0.1, 0.15) is 24.2 Å². The lowest BCUT2D eigenvalue weighted by Gasteiger charge is -2.18. The summed E-state index contributed by atoms with van der Waals surface area (Å²) in [6.45, 7) is 3.02. The molecule has 0 saturated carbocycles. The van der Waals surface area contributed by atoms with E-state index in [-0.39, 0.29) is 11.2 Å². The van der Waals surface area contributed by atoms with Crippen molar-refractivity contribution in [3.05, 3.63) is 101 Å². The average Bonchev–Trinajstić information content (AvgIpc) is 3.60. The van der Waals surface area contributed by atoms with Gasteiger partial charge >= 0.3 is 0 Å². The van der Waals surface area contributed by atoms with Crippen molar-refractivity contribution in [2.24, 2.45) is 0 Å². The predicted molar refractivity (Wildman–Crippen MR) is 141 cm³/mol. The summed E-state index contributed by atoms with van der Waals surface area (Å²) in [6, 6.07) is 20.4. The van der Waals surface area contributed by atoms with Crippen molar-refractivity contribution < 1.29 is 9.13 Å². The number of aromatic nitrogens is 4. The van der Waals surface area contributed by atoms with E-state index in [4.69, 9.17) is 4.74 Å². The molecule has 1 aliphatic heterocycles. The zero-order valence-electron chi connectivity index (χ0n) is 20.5. The highest BCUT2D eigenvalue weighted by Crippen LogP contribution is 2.28. The third-order valence-electron chi connectivity index (χ3n) is 6.94. The first-order chi connectivity index (χ1) is 18.1. The number of methoxy groups -OCH3 is 1. The highest BCUT2D eigenvalue weighted by Gasteiger charge is 2.18. The number of ether oxygens (including phenoxy) is 1. The topological polar surface area (TPSA) is 65.2 Å². The van der Waals surface area contributed by atoms with E-state index in [1.165, 1.54) is 35.4 Å². The SMILES string of the molecule is COc1ccc(-n2cnc3ncn(-c4ccc(-c5ccccc5CN5CCCC5)cc4F)c(=O)c32)cc1. The van der Waals surface area contributed by atoms with Gasteiger partial charge in [-0.05, 0) is 79.0 Å². The molecule has 0 aliphatic carbocycles. The summed E-state index contributed by atoms with van der Waals surface area (Å²) in [5.41, 5.74) is 3.98. The van der Waals surface area contributed by atoms with Gasteiger partial charge in [0.25, 0.3) is 5.56 Å². The maximum Gasteiger partial charge on any atom is 0.284 e. The largest absolute Gasteiger partial charge is 0.497 e. The highest BCUT2D eigenvalue weighted by molar-refractivity contribution is 5.73. The number of benzene rings is 3. The molecule has 0 N–H and O–H groups in total. The molecule has 8 heteroatoms. The van der Waals surface area contributed by atoms with E-state index in [1.807, 2.05) is 36.4 Å². The van der Waals surface area contributed by atoms with Crippen LogP contribution in [0.25, 0.3) is 33.7 Å². The maximum atomic E-state index is 15.5. The Morgan fingerprint density at radius 3 is 2.38 bits per heavy atom. The van der Waals surface area contributed by atoms with E-state index < -0.39 is 11.4 Å². The summed E-state index contributed by atoms with van der Waals surface area (Å²) in [5, 5.41) is 0. The van der Waals surface area contributed by atoms with E-state index in [1.54, 1.807) is 36.2 Å². The summed E-state index contributed by atoms with van der Waals surface area (Å²) < 4.78 is 23.6. The zero-order chi connectivity index (χ0) is 25.4. The molecular weight excluding hydrogens is 469 g/mol. The van der Waals surface area contributed by atoms with Crippen LogP contribution in [0.2, 0.25) is 0 Å². The second-order valence-corrected chi connectivity index (χ2v) is 9.21. The number of rotatable bonds is 6. The van der Waals surface area contributed by atoms with Crippen LogP contribution in [0.1, 0.15) is 18.4 Å². The molecule has 3 heterocycles. The smallest absolute Gasteiger partial charge is 0.284 e. The highest BCUT2D eigenvalue weighted by atomic mass is 19.1. The van der Waals surface area contributed by atoms with Gasteiger partial charge in [0.05, 0.1) is 12.8 Å². The summed E-state index contributed by atoms with van der Waals surface area (Å²) in [6.07, 6.45) is 5.31. The van der Waals surface area contributed by atoms with E-state index in [0.29, 0.717) is 11.4 Å². The van der Waals surface area contributed by atoms with Crippen molar-refractivity contribution in [2.75, 3.05) is 20.2 Å². The molecule has 2 aromatic heterocycles. The van der Waals surface area contributed by atoms with Gasteiger partial charge < -0.3 is 4.74 Å². The Bertz CT molecular complexity index is 1640. The molecule has 0 radical (unpaired) electrons. The van der Waals surface area contributed by atoms with Gasteiger partial charge in [-0.2, -0.15) is 0 Å².